The molecule has 4 aromatic carbocycles. The Labute approximate surface area is 218 Å². The minimum absolute atomic E-state index is 0.338. The molecule has 4 nitrogen and oxygen atoms in total. The van der Waals surface area contributed by atoms with Crippen LogP contribution in [0.3, 0.4) is 0 Å². The van der Waals surface area contributed by atoms with Crippen molar-refractivity contribution in [3.05, 3.63) is 114 Å². The van der Waals surface area contributed by atoms with Gasteiger partial charge in [0.25, 0.3) is 0 Å². The molecule has 2 bridgehead atoms. The largest absolute Gasteiger partial charge is 0.438 e. The first-order valence-corrected chi connectivity index (χ1v) is 13.1. The van der Waals surface area contributed by atoms with Crippen molar-refractivity contribution in [3.8, 4) is 11.6 Å². The molecule has 1 aliphatic rings. The fraction of sp³-hybridized carbons (Fsp3) is 0.242. The topological polar surface area (TPSA) is 45.6 Å². The predicted molar refractivity (Wildman–Crippen MR) is 150 cm³/mol. The van der Waals surface area contributed by atoms with Crippen LogP contribution in [0.4, 0.5) is 0 Å². The number of aliphatic hydroxyl groups is 1. The van der Waals surface area contributed by atoms with E-state index in [1.54, 1.807) is 0 Å². The number of fused-ring (bicyclic) bond motifs is 6. The van der Waals surface area contributed by atoms with Gasteiger partial charge in [0.1, 0.15) is 11.4 Å². The van der Waals surface area contributed by atoms with E-state index in [4.69, 9.17) is 9.72 Å². The number of pyridine rings is 1. The molecular formula is C33H32N2O2. The molecule has 6 rings (SSSR count). The first-order valence-electron chi connectivity index (χ1n) is 13.1. The van der Waals surface area contributed by atoms with Crippen LogP contribution < -0.4 is 4.74 Å². The van der Waals surface area contributed by atoms with Crippen molar-refractivity contribution < 1.29 is 9.84 Å². The summed E-state index contributed by atoms with van der Waals surface area (Å²) in [5.41, 5.74) is 2.59. The zero-order valence-corrected chi connectivity index (χ0v) is 21.4. The number of unbranched alkanes of at least 4 members (excludes halogenated alkanes) is 1. The molecule has 37 heavy (non-hydrogen) atoms. The summed E-state index contributed by atoms with van der Waals surface area (Å²) in [6.45, 7) is 0.987. The molecule has 0 saturated carbocycles. The Morgan fingerprint density at radius 1 is 0.838 bits per heavy atom. The van der Waals surface area contributed by atoms with Crippen LogP contribution in [0.2, 0.25) is 0 Å². The lowest BCUT2D eigenvalue weighted by Gasteiger charge is -2.40. The maximum absolute atomic E-state index is 12.9. The van der Waals surface area contributed by atoms with Crippen LogP contribution in [0, 0.1) is 0 Å². The van der Waals surface area contributed by atoms with Crippen molar-refractivity contribution in [1.29, 1.82) is 0 Å². The Morgan fingerprint density at radius 2 is 1.57 bits per heavy atom. The summed E-state index contributed by atoms with van der Waals surface area (Å²) in [4.78, 5) is 7.20. The van der Waals surface area contributed by atoms with Gasteiger partial charge in [0.05, 0.1) is 5.52 Å². The molecule has 4 heteroatoms. The highest BCUT2D eigenvalue weighted by molar-refractivity contribution is 5.90. The number of nitrogens with zero attached hydrogens (tertiary/aromatic N) is 2. The number of para-hydroxylation sites is 1. The molecule has 0 aliphatic carbocycles. The van der Waals surface area contributed by atoms with E-state index < -0.39 is 5.60 Å². The molecule has 186 valence electrons. The highest BCUT2D eigenvalue weighted by atomic mass is 16.5. The molecule has 0 spiro atoms. The normalized spacial score (nSPS) is 18.9. The summed E-state index contributed by atoms with van der Waals surface area (Å²) in [7, 11) is 4.19. The van der Waals surface area contributed by atoms with E-state index in [0.717, 1.165) is 63.5 Å². The minimum atomic E-state index is -1.14. The summed E-state index contributed by atoms with van der Waals surface area (Å²) < 4.78 is 6.64. The molecule has 1 aliphatic heterocycles. The zero-order chi connectivity index (χ0) is 25.4. The lowest BCUT2D eigenvalue weighted by Crippen LogP contribution is -2.36. The quantitative estimate of drug-likeness (QED) is 0.256. The van der Waals surface area contributed by atoms with Gasteiger partial charge in [-0.05, 0) is 80.7 Å². The number of ether oxygens (including phenoxy) is 1. The van der Waals surface area contributed by atoms with Gasteiger partial charge in [-0.3, -0.25) is 0 Å². The fourth-order valence-corrected chi connectivity index (χ4v) is 5.75. The number of rotatable bonds is 6. The van der Waals surface area contributed by atoms with Crippen molar-refractivity contribution in [2.45, 2.75) is 30.8 Å². The van der Waals surface area contributed by atoms with Crippen LogP contribution in [0.15, 0.2) is 97.1 Å². The molecule has 2 atom stereocenters. The Balaban J connectivity index is 1.63. The van der Waals surface area contributed by atoms with E-state index in [9.17, 15) is 5.11 Å². The third kappa shape index (κ3) is 4.37. The maximum atomic E-state index is 12.9. The summed E-state index contributed by atoms with van der Waals surface area (Å²) in [5.74, 6) is 0.950. The number of hydrogen-bond acceptors (Lipinski definition) is 4. The molecule has 1 aromatic heterocycles. The third-order valence-corrected chi connectivity index (χ3v) is 7.58. The molecule has 2 heterocycles. The van der Waals surface area contributed by atoms with Crippen LogP contribution in [-0.4, -0.2) is 35.6 Å². The van der Waals surface area contributed by atoms with Crippen LogP contribution in [-0.2, 0) is 5.60 Å². The number of benzene rings is 4. The van der Waals surface area contributed by atoms with E-state index in [-0.39, 0.29) is 5.92 Å². The Bertz CT molecular complexity index is 1560. The van der Waals surface area contributed by atoms with Crippen molar-refractivity contribution in [2.24, 2.45) is 0 Å². The van der Waals surface area contributed by atoms with Crippen molar-refractivity contribution in [2.75, 3.05) is 20.6 Å². The van der Waals surface area contributed by atoms with Gasteiger partial charge in [0, 0.05) is 22.3 Å². The van der Waals surface area contributed by atoms with Gasteiger partial charge in [-0.15, -0.1) is 0 Å². The number of aromatic nitrogens is 1. The monoisotopic (exact) mass is 488 g/mol. The van der Waals surface area contributed by atoms with Gasteiger partial charge in [-0.2, -0.15) is 0 Å². The first-order chi connectivity index (χ1) is 18.0. The number of hydrogen-bond donors (Lipinski definition) is 1. The summed E-state index contributed by atoms with van der Waals surface area (Å²) in [5, 5.41) is 16.0. The van der Waals surface area contributed by atoms with Gasteiger partial charge in [-0.1, -0.05) is 72.8 Å². The highest BCUT2D eigenvalue weighted by Crippen LogP contribution is 2.52. The standard InChI is InChI=1S/C33H32N2O2/c1-35(2)19-11-10-18-33(36)26-20-24-14-6-8-16-27(24)30(22-26)37-32-28(31(33)23-12-4-3-5-13-23)21-25-15-7-9-17-29(25)34-32/h3-9,12-17,20-22,31,36H,10-11,18-19H2,1-2H3. The minimum Gasteiger partial charge on any atom is -0.438 e. The molecule has 0 fully saturated rings. The van der Waals surface area contributed by atoms with Crippen molar-refractivity contribution >= 4 is 21.7 Å². The third-order valence-electron chi connectivity index (χ3n) is 7.58. The van der Waals surface area contributed by atoms with Gasteiger partial charge >= 0.3 is 0 Å². The average Bonchev–Trinajstić information content (AvgIpc) is 2.91. The lowest BCUT2D eigenvalue weighted by atomic mass is 9.70. The maximum Gasteiger partial charge on any atom is 0.223 e. The first kappa shape index (κ1) is 23.7. The molecular weight excluding hydrogens is 456 g/mol. The SMILES string of the molecule is CN(C)CCCCC1(O)c2cc(c3ccccc3c2)Oc2nc3ccccc3cc2C1c1ccccc1. The van der Waals surface area contributed by atoms with E-state index in [2.05, 4.69) is 61.5 Å². The van der Waals surface area contributed by atoms with Crippen LogP contribution >= 0.6 is 0 Å². The van der Waals surface area contributed by atoms with E-state index >= 15 is 0 Å². The predicted octanol–water partition coefficient (Wildman–Crippen LogP) is 7.25. The molecule has 0 saturated heterocycles. The van der Waals surface area contributed by atoms with Crippen LogP contribution in [0.5, 0.6) is 11.6 Å². The second-order valence-electron chi connectivity index (χ2n) is 10.4. The molecule has 0 amide bonds. The summed E-state index contributed by atoms with van der Waals surface area (Å²) in [6, 6.07) is 33.0. The Kier molecular flexibility index (Phi) is 6.15. The van der Waals surface area contributed by atoms with Crippen molar-refractivity contribution in [1.82, 2.24) is 9.88 Å². The van der Waals surface area contributed by atoms with E-state index in [0.29, 0.717) is 12.3 Å². The molecule has 2 unspecified atom stereocenters. The van der Waals surface area contributed by atoms with Crippen LogP contribution in [0.1, 0.15) is 41.9 Å². The van der Waals surface area contributed by atoms with Gasteiger partial charge in [-0.25, -0.2) is 4.98 Å². The molecule has 5 aromatic rings. The average molecular weight is 489 g/mol. The van der Waals surface area contributed by atoms with Gasteiger partial charge in [0.15, 0.2) is 0 Å². The summed E-state index contributed by atoms with van der Waals surface area (Å²) in [6.07, 6.45) is 2.54. The van der Waals surface area contributed by atoms with Crippen molar-refractivity contribution in [3.63, 3.8) is 0 Å². The second-order valence-corrected chi connectivity index (χ2v) is 10.4. The molecule has 1 N–H and O–H groups in total. The van der Waals surface area contributed by atoms with E-state index in [1.165, 1.54) is 0 Å². The Hall–Kier alpha value is -3.73. The lowest BCUT2D eigenvalue weighted by molar-refractivity contribution is 0.00610. The smallest absolute Gasteiger partial charge is 0.223 e. The van der Waals surface area contributed by atoms with Gasteiger partial charge in [0.2, 0.25) is 5.88 Å². The summed E-state index contributed by atoms with van der Waals surface area (Å²) >= 11 is 0. The van der Waals surface area contributed by atoms with Gasteiger partial charge < -0.3 is 14.7 Å². The zero-order valence-electron chi connectivity index (χ0n) is 21.4. The van der Waals surface area contributed by atoms with E-state index in [1.807, 2.05) is 54.6 Å². The highest BCUT2D eigenvalue weighted by Gasteiger charge is 2.43. The second kappa shape index (κ2) is 9.62. The fourth-order valence-electron chi connectivity index (χ4n) is 5.75. The van der Waals surface area contributed by atoms with Crippen LogP contribution in [0.25, 0.3) is 21.7 Å². The Morgan fingerprint density at radius 3 is 2.38 bits per heavy atom. The molecule has 0 radical (unpaired) electrons.